The number of para-hydroxylation sites is 2. The maximum atomic E-state index is 2.37. The first-order valence-corrected chi connectivity index (χ1v) is 19.2. The predicted octanol–water partition coefficient (Wildman–Crippen LogP) is 14.9. The van der Waals surface area contributed by atoms with Gasteiger partial charge in [0.05, 0.1) is 11.0 Å². The van der Waals surface area contributed by atoms with Gasteiger partial charge in [-0.2, -0.15) is 0 Å². The van der Waals surface area contributed by atoms with Gasteiger partial charge in [-0.05, 0) is 111 Å². The van der Waals surface area contributed by atoms with Crippen LogP contribution in [0.4, 0.5) is 17.1 Å². The van der Waals surface area contributed by atoms with Crippen molar-refractivity contribution in [1.82, 2.24) is 4.57 Å². The molecule has 2 nitrogen and oxygen atoms in total. The fourth-order valence-corrected chi connectivity index (χ4v) is 8.00. The molecule has 0 N–H and O–H groups in total. The molecule has 0 unspecified atom stereocenters. The van der Waals surface area contributed by atoms with Crippen LogP contribution >= 0.6 is 0 Å². The Hall–Kier alpha value is -7.42. The standard InChI is InChI=1S/C54H38N2/c1-4-13-39(14-5-1)41-23-25-42(26-24-41)43-27-32-48(33-28-43)55(50-20-12-17-45(37-50)40-15-6-2-7-16-40)49-34-29-44(30-35-49)46-31-36-54-52(38-46)51-21-10-11-22-53(51)56(54)47-18-8-3-9-19-47/h1-38H. The third-order valence-electron chi connectivity index (χ3n) is 10.8. The molecule has 0 saturated carbocycles. The third-order valence-corrected chi connectivity index (χ3v) is 10.8. The van der Waals surface area contributed by atoms with Crippen LogP contribution in [0.3, 0.4) is 0 Å². The van der Waals surface area contributed by atoms with E-state index in [0.29, 0.717) is 0 Å². The summed E-state index contributed by atoms with van der Waals surface area (Å²) in [5.41, 5.74) is 16.5. The van der Waals surface area contributed by atoms with E-state index < -0.39 is 0 Å². The third kappa shape index (κ3) is 6.24. The monoisotopic (exact) mass is 714 g/mol. The van der Waals surface area contributed by atoms with Gasteiger partial charge in [-0.25, -0.2) is 0 Å². The van der Waals surface area contributed by atoms with Gasteiger partial charge in [0.1, 0.15) is 0 Å². The van der Waals surface area contributed by atoms with Gasteiger partial charge in [0, 0.05) is 33.5 Å². The minimum atomic E-state index is 1.10. The molecule has 264 valence electrons. The topological polar surface area (TPSA) is 8.17 Å². The molecule has 0 aliphatic heterocycles. The van der Waals surface area contributed by atoms with Crippen LogP contribution in [0.1, 0.15) is 0 Å². The summed E-state index contributed by atoms with van der Waals surface area (Å²) in [4.78, 5) is 2.36. The van der Waals surface area contributed by atoms with Crippen LogP contribution in [-0.4, -0.2) is 4.57 Å². The smallest absolute Gasteiger partial charge is 0.0541 e. The number of hydrogen-bond acceptors (Lipinski definition) is 1. The number of rotatable bonds is 8. The number of aromatic nitrogens is 1. The quantitative estimate of drug-likeness (QED) is 0.152. The first kappa shape index (κ1) is 33.2. The lowest BCUT2D eigenvalue weighted by molar-refractivity contribution is 1.18. The Morgan fingerprint density at radius 1 is 0.250 bits per heavy atom. The predicted molar refractivity (Wildman–Crippen MR) is 237 cm³/mol. The second-order valence-corrected chi connectivity index (χ2v) is 14.2. The number of benzene rings is 9. The lowest BCUT2D eigenvalue weighted by Crippen LogP contribution is -2.10. The largest absolute Gasteiger partial charge is 0.310 e. The highest BCUT2D eigenvalue weighted by molar-refractivity contribution is 6.10. The van der Waals surface area contributed by atoms with Crippen LogP contribution in [0, 0.1) is 0 Å². The van der Waals surface area contributed by atoms with Gasteiger partial charge >= 0.3 is 0 Å². The average Bonchev–Trinajstić information content (AvgIpc) is 3.62. The first-order valence-electron chi connectivity index (χ1n) is 19.2. The van der Waals surface area contributed by atoms with Crippen LogP contribution in [0.5, 0.6) is 0 Å². The molecule has 1 heterocycles. The number of nitrogens with zero attached hydrogens (tertiary/aromatic N) is 2. The SMILES string of the molecule is c1ccc(-c2ccc(-c3ccc(N(c4ccc(-c5ccc6c(c5)c5ccccc5n6-c5ccccc5)cc4)c4cccc(-c5ccccc5)c4)cc3)cc2)cc1. The van der Waals surface area contributed by atoms with E-state index in [4.69, 9.17) is 0 Å². The van der Waals surface area contributed by atoms with Gasteiger partial charge in [0.2, 0.25) is 0 Å². The van der Waals surface area contributed by atoms with Crippen molar-refractivity contribution in [2.45, 2.75) is 0 Å². The van der Waals surface area contributed by atoms with Gasteiger partial charge in [0.25, 0.3) is 0 Å². The van der Waals surface area contributed by atoms with E-state index in [1.54, 1.807) is 0 Å². The normalized spacial score (nSPS) is 11.2. The lowest BCUT2D eigenvalue weighted by atomic mass is 9.99. The van der Waals surface area contributed by atoms with Crippen LogP contribution in [0.2, 0.25) is 0 Å². The zero-order valence-electron chi connectivity index (χ0n) is 30.8. The Morgan fingerprint density at radius 3 is 1.27 bits per heavy atom. The highest BCUT2D eigenvalue weighted by atomic mass is 15.1. The van der Waals surface area contributed by atoms with E-state index >= 15 is 0 Å². The molecule has 10 aromatic rings. The molecule has 1 aromatic heterocycles. The van der Waals surface area contributed by atoms with E-state index in [-0.39, 0.29) is 0 Å². The molecule has 10 rings (SSSR count). The molecule has 0 spiro atoms. The molecule has 56 heavy (non-hydrogen) atoms. The van der Waals surface area contributed by atoms with Crippen molar-refractivity contribution in [1.29, 1.82) is 0 Å². The van der Waals surface area contributed by atoms with Crippen molar-refractivity contribution in [2.75, 3.05) is 4.90 Å². The molecule has 0 aliphatic rings. The van der Waals surface area contributed by atoms with Crippen molar-refractivity contribution in [3.05, 3.63) is 231 Å². The Balaban J connectivity index is 1.02. The average molecular weight is 715 g/mol. The molecule has 0 fully saturated rings. The summed E-state index contributed by atoms with van der Waals surface area (Å²) >= 11 is 0. The fraction of sp³-hybridized carbons (Fsp3) is 0. The van der Waals surface area contributed by atoms with Gasteiger partial charge in [-0.3, -0.25) is 0 Å². The van der Waals surface area contributed by atoms with Crippen molar-refractivity contribution in [3.63, 3.8) is 0 Å². The number of fused-ring (bicyclic) bond motifs is 3. The summed E-state index contributed by atoms with van der Waals surface area (Å²) < 4.78 is 2.37. The summed E-state index contributed by atoms with van der Waals surface area (Å²) in [6, 6.07) is 83.0. The second-order valence-electron chi connectivity index (χ2n) is 14.2. The van der Waals surface area contributed by atoms with E-state index in [1.807, 2.05) is 0 Å². The highest BCUT2D eigenvalue weighted by Gasteiger charge is 2.16. The van der Waals surface area contributed by atoms with Gasteiger partial charge in [-0.15, -0.1) is 0 Å². The zero-order chi connectivity index (χ0) is 37.3. The number of anilines is 3. The summed E-state index contributed by atoms with van der Waals surface area (Å²) in [6.07, 6.45) is 0. The van der Waals surface area contributed by atoms with Crippen molar-refractivity contribution in [3.8, 4) is 50.2 Å². The Morgan fingerprint density at radius 2 is 0.661 bits per heavy atom. The van der Waals surface area contributed by atoms with Crippen molar-refractivity contribution in [2.24, 2.45) is 0 Å². The van der Waals surface area contributed by atoms with E-state index in [0.717, 1.165) is 17.1 Å². The Bertz CT molecular complexity index is 2910. The molecule has 2 heteroatoms. The molecule has 0 radical (unpaired) electrons. The van der Waals surface area contributed by atoms with E-state index in [1.165, 1.54) is 72.0 Å². The van der Waals surface area contributed by atoms with Crippen LogP contribution in [0.25, 0.3) is 72.0 Å². The second kappa shape index (κ2) is 14.4. The van der Waals surface area contributed by atoms with Gasteiger partial charge in [-0.1, -0.05) is 164 Å². The van der Waals surface area contributed by atoms with Crippen LogP contribution in [0.15, 0.2) is 231 Å². The molecule has 0 aliphatic carbocycles. The van der Waals surface area contributed by atoms with Crippen LogP contribution < -0.4 is 4.90 Å². The molecule has 9 aromatic carbocycles. The van der Waals surface area contributed by atoms with Crippen molar-refractivity contribution >= 4 is 38.9 Å². The summed E-state index contributed by atoms with van der Waals surface area (Å²) in [6.45, 7) is 0. The van der Waals surface area contributed by atoms with E-state index in [9.17, 15) is 0 Å². The minimum absolute atomic E-state index is 1.10. The zero-order valence-corrected chi connectivity index (χ0v) is 30.8. The molecular weight excluding hydrogens is 677 g/mol. The summed E-state index contributed by atoms with van der Waals surface area (Å²) in [7, 11) is 0. The van der Waals surface area contributed by atoms with Crippen molar-refractivity contribution < 1.29 is 0 Å². The first-order chi connectivity index (χ1) is 27.8. The van der Waals surface area contributed by atoms with E-state index in [2.05, 4.69) is 240 Å². The Kier molecular flexibility index (Phi) is 8.55. The maximum absolute atomic E-state index is 2.37. The maximum Gasteiger partial charge on any atom is 0.0541 e. The molecule has 0 atom stereocenters. The van der Waals surface area contributed by atoms with Crippen LogP contribution in [-0.2, 0) is 0 Å². The van der Waals surface area contributed by atoms with Gasteiger partial charge in [0.15, 0.2) is 0 Å². The fourth-order valence-electron chi connectivity index (χ4n) is 8.00. The summed E-state index contributed by atoms with van der Waals surface area (Å²) in [5, 5.41) is 2.50. The molecule has 0 saturated heterocycles. The molecule has 0 bridgehead atoms. The number of hydrogen-bond donors (Lipinski definition) is 0. The minimum Gasteiger partial charge on any atom is -0.310 e. The van der Waals surface area contributed by atoms with Gasteiger partial charge < -0.3 is 9.47 Å². The molecular formula is C54H38N2. The molecule has 0 amide bonds. The summed E-state index contributed by atoms with van der Waals surface area (Å²) in [5.74, 6) is 0. The Labute approximate surface area is 327 Å². The lowest BCUT2D eigenvalue weighted by Gasteiger charge is -2.26. The highest BCUT2D eigenvalue weighted by Crippen LogP contribution is 2.40.